The molecule has 1 aliphatic carbocycles. The van der Waals surface area contributed by atoms with Crippen LogP contribution in [0.5, 0.6) is 0 Å². The van der Waals surface area contributed by atoms with Gasteiger partial charge in [-0.25, -0.2) is 4.98 Å². The van der Waals surface area contributed by atoms with Gasteiger partial charge in [0.1, 0.15) is 5.82 Å². The molecule has 0 radical (unpaired) electrons. The summed E-state index contributed by atoms with van der Waals surface area (Å²) in [6.45, 7) is 3.37. The Hall–Kier alpha value is -2.11. The number of aromatic nitrogens is 1. The van der Waals surface area contributed by atoms with Crippen molar-refractivity contribution in [2.24, 2.45) is 10.9 Å². The van der Waals surface area contributed by atoms with E-state index in [1.165, 1.54) is 38.5 Å². The van der Waals surface area contributed by atoms with E-state index in [2.05, 4.69) is 25.9 Å². The van der Waals surface area contributed by atoms with Crippen molar-refractivity contribution in [2.45, 2.75) is 51.9 Å². The number of anilines is 1. The lowest BCUT2D eigenvalue weighted by atomic mass is 10.0. The maximum Gasteiger partial charge on any atom is 0.227 e. The Balaban J connectivity index is 1.57. The number of hydrogen-bond donors (Lipinski definition) is 3. The van der Waals surface area contributed by atoms with Crippen molar-refractivity contribution < 1.29 is 4.79 Å². The topological polar surface area (TPSA) is 78.4 Å². The third-order valence-corrected chi connectivity index (χ3v) is 4.58. The van der Waals surface area contributed by atoms with E-state index >= 15 is 0 Å². The van der Waals surface area contributed by atoms with Crippen LogP contribution in [0.3, 0.4) is 0 Å². The number of hydrogen-bond acceptors (Lipinski definition) is 3. The Bertz CT molecular complexity index is 567. The van der Waals surface area contributed by atoms with E-state index in [4.69, 9.17) is 0 Å². The predicted molar refractivity (Wildman–Crippen MR) is 103 cm³/mol. The SMILES string of the molecule is CN=C(NCCCC1CCCC1)NCCC(=O)Nc1cccc(C)n1. The molecule has 0 saturated heterocycles. The lowest BCUT2D eigenvalue weighted by molar-refractivity contribution is -0.116. The molecule has 0 aliphatic heterocycles. The fraction of sp³-hybridized carbons (Fsp3) is 0.632. The van der Waals surface area contributed by atoms with Crippen molar-refractivity contribution in [1.82, 2.24) is 15.6 Å². The summed E-state index contributed by atoms with van der Waals surface area (Å²) in [6, 6.07) is 5.58. The van der Waals surface area contributed by atoms with E-state index in [9.17, 15) is 4.79 Å². The molecule has 1 aliphatic rings. The van der Waals surface area contributed by atoms with E-state index in [1.54, 1.807) is 13.1 Å². The van der Waals surface area contributed by atoms with Gasteiger partial charge in [0.25, 0.3) is 0 Å². The van der Waals surface area contributed by atoms with Crippen LogP contribution < -0.4 is 16.0 Å². The first kappa shape index (κ1) is 19.2. The summed E-state index contributed by atoms with van der Waals surface area (Å²) in [6.07, 6.45) is 8.46. The fourth-order valence-corrected chi connectivity index (χ4v) is 3.23. The van der Waals surface area contributed by atoms with Crippen LogP contribution in [-0.2, 0) is 4.79 Å². The highest BCUT2D eigenvalue weighted by Crippen LogP contribution is 2.28. The van der Waals surface area contributed by atoms with Gasteiger partial charge >= 0.3 is 0 Å². The standard InChI is InChI=1S/C19H31N5O/c1-15-7-5-11-17(23-15)24-18(25)12-14-22-19(20-2)21-13-6-10-16-8-3-4-9-16/h5,7,11,16H,3-4,6,8-10,12-14H2,1-2H3,(H2,20,21,22)(H,23,24,25). The highest BCUT2D eigenvalue weighted by atomic mass is 16.1. The maximum atomic E-state index is 11.9. The molecule has 2 rings (SSSR count). The molecule has 1 saturated carbocycles. The Morgan fingerprint density at radius 1 is 1.24 bits per heavy atom. The number of rotatable bonds is 8. The molecule has 1 amide bonds. The molecule has 1 aromatic heterocycles. The molecule has 0 spiro atoms. The second-order valence-corrected chi connectivity index (χ2v) is 6.68. The van der Waals surface area contributed by atoms with Crippen LogP contribution in [0.4, 0.5) is 5.82 Å². The highest BCUT2D eigenvalue weighted by Gasteiger charge is 2.14. The number of carbonyl (C=O) groups is 1. The van der Waals surface area contributed by atoms with E-state index in [0.717, 1.165) is 24.1 Å². The molecule has 0 aromatic carbocycles. The molecule has 6 heteroatoms. The zero-order valence-electron chi connectivity index (χ0n) is 15.5. The van der Waals surface area contributed by atoms with Gasteiger partial charge in [0.15, 0.2) is 5.96 Å². The summed E-state index contributed by atoms with van der Waals surface area (Å²) in [5, 5.41) is 9.31. The molecule has 1 fully saturated rings. The number of guanidine groups is 1. The first-order chi connectivity index (χ1) is 12.2. The highest BCUT2D eigenvalue weighted by molar-refractivity contribution is 5.90. The lowest BCUT2D eigenvalue weighted by Crippen LogP contribution is -2.39. The van der Waals surface area contributed by atoms with E-state index in [-0.39, 0.29) is 5.91 Å². The second-order valence-electron chi connectivity index (χ2n) is 6.68. The van der Waals surface area contributed by atoms with Gasteiger partial charge in [-0.2, -0.15) is 0 Å². The predicted octanol–water partition coefficient (Wildman–Crippen LogP) is 2.85. The van der Waals surface area contributed by atoms with Crippen LogP contribution in [0.2, 0.25) is 0 Å². The number of carbonyl (C=O) groups excluding carboxylic acids is 1. The molecule has 3 N–H and O–H groups in total. The van der Waals surface area contributed by atoms with Crippen LogP contribution in [-0.4, -0.2) is 37.0 Å². The zero-order chi connectivity index (χ0) is 17.9. The number of pyridine rings is 1. The normalized spacial score (nSPS) is 15.2. The summed E-state index contributed by atoms with van der Waals surface area (Å²) >= 11 is 0. The first-order valence-corrected chi connectivity index (χ1v) is 9.35. The summed E-state index contributed by atoms with van der Waals surface area (Å²) < 4.78 is 0. The van der Waals surface area contributed by atoms with E-state index in [1.807, 2.05) is 19.1 Å². The molecule has 1 aromatic rings. The summed E-state index contributed by atoms with van der Waals surface area (Å²) in [7, 11) is 1.75. The number of nitrogens with zero attached hydrogens (tertiary/aromatic N) is 2. The van der Waals surface area contributed by atoms with Crippen molar-refractivity contribution in [1.29, 1.82) is 0 Å². The Kier molecular flexibility index (Phi) is 8.22. The molecule has 6 nitrogen and oxygen atoms in total. The Morgan fingerprint density at radius 3 is 2.72 bits per heavy atom. The first-order valence-electron chi connectivity index (χ1n) is 9.35. The monoisotopic (exact) mass is 345 g/mol. The molecule has 138 valence electrons. The molecule has 1 heterocycles. The average molecular weight is 345 g/mol. The molecule has 0 atom stereocenters. The van der Waals surface area contributed by atoms with Crippen molar-refractivity contribution in [3.63, 3.8) is 0 Å². The summed E-state index contributed by atoms with van der Waals surface area (Å²) in [4.78, 5) is 20.4. The van der Waals surface area contributed by atoms with Crippen LogP contribution in [0, 0.1) is 12.8 Å². The average Bonchev–Trinajstić information content (AvgIpc) is 3.10. The fourth-order valence-electron chi connectivity index (χ4n) is 3.23. The second kappa shape index (κ2) is 10.7. The van der Waals surface area contributed by atoms with Crippen molar-refractivity contribution in [3.05, 3.63) is 23.9 Å². The van der Waals surface area contributed by atoms with Crippen LogP contribution in [0.25, 0.3) is 0 Å². The molecule has 0 bridgehead atoms. The summed E-state index contributed by atoms with van der Waals surface area (Å²) in [5.41, 5.74) is 0.887. The zero-order valence-corrected chi connectivity index (χ0v) is 15.5. The van der Waals surface area contributed by atoms with Gasteiger partial charge in [-0.1, -0.05) is 31.7 Å². The van der Waals surface area contributed by atoms with Gasteiger partial charge in [-0.15, -0.1) is 0 Å². The molecular formula is C19H31N5O. The van der Waals surface area contributed by atoms with Gasteiger partial charge < -0.3 is 16.0 Å². The third-order valence-electron chi connectivity index (χ3n) is 4.58. The number of amides is 1. The van der Waals surface area contributed by atoms with Crippen molar-refractivity contribution in [3.8, 4) is 0 Å². The number of aryl methyl sites for hydroxylation is 1. The van der Waals surface area contributed by atoms with Gasteiger partial charge in [0.05, 0.1) is 0 Å². The molecule has 0 unspecified atom stereocenters. The van der Waals surface area contributed by atoms with Gasteiger partial charge in [0.2, 0.25) is 5.91 Å². The molecular weight excluding hydrogens is 314 g/mol. The minimum absolute atomic E-state index is 0.0534. The summed E-state index contributed by atoms with van der Waals surface area (Å²) in [5.74, 6) is 2.23. The maximum absolute atomic E-state index is 11.9. The molecule has 25 heavy (non-hydrogen) atoms. The Labute approximate surface area is 150 Å². The Morgan fingerprint density at radius 2 is 2.00 bits per heavy atom. The van der Waals surface area contributed by atoms with Crippen molar-refractivity contribution in [2.75, 3.05) is 25.5 Å². The van der Waals surface area contributed by atoms with E-state index < -0.39 is 0 Å². The van der Waals surface area contributed by atoms with Gasteiger partial charge in [-0.05, 0) is 37.8 Å². The lowest BCUT2D eigenvalue weighted by Gasteiger charge is -2.13. The van der Waals surface area contributed by atoms with Crippen LogP contribution in [0.15, 0.2) is 23.2 Å². The van der Waals surface area contributed by atoms with Crippen LogP contribution in [0.1, 0.15) is 50.6 Å². The third kappa shape index (κ3) is 7.54. The van der Waals surface area contributed by atoms with Crippen molar-refractivity contribution >= 4 is 17.7 Å². The minimum atomic E-state index is -0.0534. The number of nitrogens with one attached hydrogen (secondary N) is 3. The van der Waals surface area contributed by atoms with Gasteiger partial charge in [-0.3, -0.25) is 9.79 Å². The largest absolute Gasteiger partial charge is 0.356 e. The van der Waals surface area contributed by atoms with E-state index in [0.29, 0.717) is 18.8 Å². The number of aliphatic imine (C=N–C) groups is 1. The minimum Gasteiger partial charge on any atom is -0.356 e. The van der Waals surface area contributed by atoms with Gasteiger partial charge in [0, 0.05) is 32.3 Å². The van der Waals surface area contributed by atoms with Crippen LogP contribution >= 0.6 is 0 Å². The smallest absolute Gasteiger partial charge is 0.227 e. The quantitative estimate of drug-likeness (QED) is 0.385.